The number of carbonyl (C=O) groups is 2. The molecule has 0 aliphatic carbocycles. The molecule has 25 heavy (non-hydrogen) atoms. The number of hydrogen-bond acceptors (Lipinski definition) is 3. The van der Waals surface area contributed by atoms with Crippen LogP contribution in [0.5, 0.6) is 0 Å². The van der Waals surface area contributed by atoms with E-state index >= 15 is 0 Å². The van der Waals surface area contributed by atoms with Crippen LogP contribution in [0.2, 0.25) is 0 Å². The first kappa shape index (κ1) is 19.4. The Hall–Kier alpha value is -1.88. The van der Waals surface area contributed by atoms with Crippen molar-refractivity contribution in [3.8, 4) is 0 Å². The highest BCUT2D eigenvalue weighted by atomic mass is 16.2. The minimum Gasteiger partial charge on any atom is -0.339 e. The molecular weight excluding hydrogens is 314 g/mol. The summed E-state index contributed by atoms with van der Waals surface area (Å²) in [5.41, 5.74) is 1.31. The molecule has 1 aliphatic rings. The van der Waals surface area contributed by atoms with Gasteiger partial charge in [-0.1, -0.05) is 13.0 Å². The van der Waals surface area contributed by atoms with Crippen molar-refractivity contribution in [1.29, 1.82) is 0 Å². The maximum atomic E-state index is 12.4. The van der Waals surface area contributed by atoms with E-state index in [0.29, 0.717) is 42.6 Å². The number of anilines is 1. The Morgan fingerprint density at radius 3 is 2.72 bits per heavy atom. The third-order valence-corrected chi connectivity index (χ3v) is 5.09. The van der Waals surface area contributed by atoms with E-state index in [1.54, 1.807) is 17.0 Å². The number of piperidine rings is 1. The quantitative estimate of drug-likeness (QED) is 0.798. The second kappa shape index (κ2) is 9.56. The molecule has 1 aromatic rings. The summed E-state index contributed by atoms with van der Waals surface area (Å²) in [5, 5.41) is 6.36. The number of amides is 2. The summed E-state index contributed by atoms with van der Waals surface area (Å²) in [5.74, 6) is 0.941. The minimum atomic E-state index is 0.00254. The van der Waals surface area contributed by atoms with Gasteiger partial charge in [0.1, 0.15) is 0 Å². The summed E-state index contributed by atoms with van der Waals surface area (Å²) in [6.07, 6.45) is 2.89. The second-order valence-corrected chi connectivity index (χ2v) is 6.89. The van der Waals surface area contributed by atoms with E-state index in [1.165, 1.54) is 12.8 Å². The van der Waals surface area contributed by atoms with E-state index in [1.807, 2.05) is 26.0 Å². The molecule has 2 amide bonds. The van der Waals surface area contributed by atoms with Crippen LogP contribution < -0.4 is 10.6 Å². The molecule has 0 aromatic heterocycles. The van der Waals surface area contributed by atoms with Crippen molar-refractivity contribution < 1.29 is 9.59 Å². The highest BCUT2D eigenvalue weighted by Crippen LogP contribution is 2.23. The molecule has 0 radical (unpaired) electrons. The summed E-state index contributed by atoms with van der Waals surface area (Å²) in [6, 6.07) is 7.22. The molecule has 5 heteroatoms. The molecule has 1 aromatic carbocycles. The molecule has 0 saturated carbocycles. The lowest BCUT2D eigenvalue weighted by molar-refractivity contribution is -0.117. The van der Waals surface area contributed by atoms with Crippen molar-refractivity contribution in [2.45, 2.75) is 40.0 Å². The predicted molar refractivity (Wildman–Crippen MR) is 102 cm³/mol. The second-order valence-electron chi connectivity index (χ2n) is 6.89. The summed E-state index contributed by atoms with van der Waals surface area (Å²) in [7, 11) is 0. The first-order chi connectivity index (χ1) is 12.0. The molecule has 5 nitrogen and oxygen atoms in total. The molecule has 1 saturated heterocycles. The molecule has 138 valence electrons. The number of hydrogen-bond donors (Lipinski definition) is 2. The molecule has 1 heterocycles. The van der Waals surface area contributed by atoms with Crippen LogP contribution in [0.1, 0.15) is 50.4 Å². The number of rotatable bonds is 7. The van der Waals surface area contributed by atoms with Crippen LogP contribution in [0, 0.1) is 11.8 Å². The van der Waals surface area contributed by atoms with Gasteiger partial charge in [0, 0.05) is 30.8 Å². The van der Waals surface area contributed by atoms with E-state index in [2.05, 4.69) is 17.6 Å². The van der Waals surface area contributed by atoms with Gasteiger partial charge in [0.25, 0.3) is 5.91 Å². The lowest BCUT2D eigenvalue weighted by atomic mass is 9.85. The van der Waals surface area contributed by atoms with Crippen LogP contribution in [0.15, 0.2) is 24.3 Å². The van der Waals surface area contributed by atoms with Crippen LogP contribution in [-0.4, -0.2) is 42.9 Å². The Kier molecular flexibility index (Phi) is 7.44. The Bertz CT molecular complexity index is 578. The Labute approximate surface area is 151 Å². The summed E-state index contributed by atoms with van der Waals surface area (Å²) in [6.45, 7) is 9.53. The molecule has 2 N–H and O–H groups in total. The van der Waals surface area contributed by atoms with Gasteiger partial charge in [-0.15, -0.1) is 0 Å². The van der Waals surface area contributed by atoms with E-state index in [9.17, 15) is 9.59 Å². The van der Waals surface area contributed by atoms with Crippen molar-refractivity contribution in [1.82, 2.24) is 10.2 Å². The summed E-state index contributed by atoms with van der Waals surface area (Å²) < 4.78 is 0. The Balaban J connectivity index is 1.94. The zero-order valence-corrected chi connectivity index (χ0v) is 15.7. The standard InChI is InChI=1S/C20H31N3O2/c1-4-23(5-2)20(25)16-8-6-10-18(13-16)22-19(24)12-15(3)17-9-7-11-21-14-17/h6,8,10,13,15,17,21H,4-5,7,9,11-12,14H2,1-3H3,(H,22,24). The Morgan fingerprint density at radius 1 is 1.32 bits per heavy atom. The van der Waals surface area contributed by atoms with Gasteiger partial charge in [0.15, 0.2) is 0 Å². The summed E-state index contributed by atoms with van der Waals surface area (Å²) in [4.78, 5) is 26.6. The molecule has 2 atom stereocenters. The largest absolute Gasteiger partial charge is 0.339 e. The fourth-order valence-corrected chi connectivity index (χ4v) is 3.46. The average Bonchev–Trinajstić information content (AvgIpc) is 2.63. The number of carbonyl (C=O) groups excluding carboxylic acids is 2. The topological polar surface area (TPSA) is 61.4 Å². The first-order valence-corrected chi connectivity index (χ1v) is 9.45. The van der Waals surface area contributed by atoms with Gasteiger partial charge in [-0.3, -0.25) is 9.59 Å². The van der Waals surface area contributed by atoms with Crippen molar-refractivity contribution in [2.24, 2.45) is 11.8 Å². The minimum absolute atomic E-state index is 0.00254. The average molecular weight is 345 g/mol. The number of benzene rings is 1. The van der Waals surface area contributed by atoms with Crippen LogP contribution in [0.3, 0.4) is 0 Å². The van der Waals surface area contributed by atoms with Crippen LogP contribution >= 0.6 is 0 Å². The highest BCUT2D eigenvalue weighted by molar-refractivity contribution is 5.97. The molecule has 1 fully saturated rings. The zero-order chi connectivity index (χ0) is 18.2. The monoisotopic (exact) mass is 345 g/mol. The smallest absolute Gasteiger partial charge is 0.253 e. The normalized spacial score (nSPS) is 18.4. The van der Waals surface area contributed by atoms with Gasteiger partial charge in [-0.2, -0.15) is 0 Å². The van der Waals surface area contributed by atoms with Crippen molar-refractivity contribution in [3.63, 3.8) is 0 Å². The fourth-order valence-electron chi connectivity index (χ4n) is 3.46. The Morgan fingerprint density at radius 2 is 2.08 bits per heavy atom. The molecule has 2 unspecified atom stereocenters. The van der Waals surface area contributed by atoms with Gasteiger partial charge in [-0.25, -0.2) is 0 Å². The van der Waals surface area contributed by atoms with Crippen molar-refractivity contribution in [3.05, 3.63) is 29.8 Å². The maximum absolute atomic E-state index is 12.4. The van der Waals surface area contributed by atoms with Crippen LogP contribution in [-0.2, 0) is 4.79 Å². The molecule has 1 aliphatic heterocycles. The van der Waals surface area contributed by atoms with Gasteiger partial charge >= 0.3 is 0 Å². The third-order valence-electron chi connectivity index (χ3n) is 5.09. The zero-order valence-electron chi connectivity index (χ0n) is 15.7. The van der Waals surface area contributed by atoms with E-state index in [-0.39, 0.29) is 11.8 Å². The molecular formula is C20H31N3O2. The van der Waals surface area contributed by atoms with Crippen molar-refractivity contribution >= 4 is 17.5 Å². The predicted octanol–water partition coefficient (Wildman–Crippen LogP) is 3.13. The van der Waals surface area contributed by atoms with Gasteiger partial charge in [-0.05, 0) is 69.8 Å². The number of nitrogens with zero attached hydrogens (tertiary/aromatic N) is 1. The fraction of sp³-hybridized carbons (Fsp3) is 0.600. The van der Waals surface area contributed by atoms with E-state index in [4.69, 9.17) is 0 Å². The number of nitrogens with one attached hydrogen (secondary N) is 2. The van der Waals surface area contributed by atoms with Gasteiger partial charge in [0.05, 0.1) is 0 Å². The van der Waals surface area contributed by atoms with Crippen LogP contribution in [0.4, 0.5) is 5.69 Å². The molecule has 0 spiro atoms. The lowest BCUT2D eigenvalue weighted by Gasteiger charge is -2.28. The van der Waals surface area contributed by atoms with Crippen molar-refractivity contribution in [2.75, 3.05) is 31.5 Å². The molecule has 2 rings (SSSR count). The van der Waals surface area contributed by atoms with Gasteiger partial charge in [0.2, 0.25) is 5.91 Å². The SMILES string of the molecule is CCN(CC)C(=O)c1cccc(NC(=O)CC(C)C2CCCNC2)c1. The first-order valence-electron chi connectivity index (χ1n) is 9.45. The lowest BCUT2D eigenvalue weighted by Crippen LogP contribution is -2.34. The van der Waals surface area contributed by atoms with E-state index in [0.717, 1.165) is 13.1 Å². The maximum Gasteiger partial charge on any atom is 0.253 e. The highest BCUT2D eigenvalue weighted by Gasteiger charge is 2.22. The molecule has 0 bridgehead atoms. The third kappa shape index (κ3) is 5.56. The summed E-state index contributed by atoms with van der Waals surface area (Å²) >= 11 is 0. The van der Waals surface area contributed by atoms with Gasteiger partial charge < -0.3 is 15.5 Å². The van der Waals surface area contributed by atoms with Crippen LogP contribution in [0.25, 0.3) is 0 Å². The van der Waals surface area contributed by atoms with E-state index < -0.39 is 0 Å².